The third kappa shape index (κ3) is 2.50. The van der Waals surface area contributed by atoms with Crippen molar-refractivity contribution in [2.24, 2.45) is 11.8 Å². The molecule has 0 amide bonds. The standard InChI is InChI=1S/C13H25N/c1-3-13(12-8-9-12)14-10(2)11-6-4-5-7-11/h10-14H,3-9H2,1-2H3. The van der Waals surface area contributed by atoms with E-state index in [1.807, 2.05) is 0 Å². The van der Waals surface area contributed by atoms with Crippen molar-refractivity contribution in [2.45, 2.75) is 70.9 Å². The molecule has 2 fully saturated rings. The summed E-state index contributed by atoms with van der Waals surface area (Å²) in [6, 6.07) is 1.59. The molecule has 2 aliphatic rings. The van der Waals surface area contributed by atoms with Crippen molar-refractivity contribution in [3.05, 3.63) is 0 Å². The quantitative estimate of drug-likeness (QED) is 0.709. The van der Waals surface area contributed by atoms with Crippen LogP contribution in [0.5, 0.6) is 0 Å². The van der Waals surface area contributed by atoms with Crippen LogP contribution in [0.25, 0.3) is 0 Å². The summed E-state index contributed by atoms with van der Waals surface area (Å²) >= 11 is 0. The first-order chi connectivity index (χ1) is 6.81. The molecular formula is C13H25N. The van der Waals surface area contributed by atoms with Crippen LogP contribution < -0.4 is 5.32 Å². The van der Waals surface area contributed by atoms with Crippen molar-refractivity contribution in [3.8, 4) is 0 Å². The lowest BCUT2D eigenvalue weighted by atomic mass is 9.97. The van der Waals surface area contributed by atoms with Crippen LogP contribution in [-0.4, -0.2) is 12.1 Å². The summed E-state index contributed by atoms with van der Waals surface area (Å²) < 4.78 is 0. The van der Waals surface area contributed by atoms with Gasteiger partial charge in [-0.2, -0.15) is 0 Å². The average Bonchev–Trinajstić information content (AvgIpc) is 2.88. The number of nitrogens with one attached hydrogen (secondary N) is 1. The van der Waals surface area contributed by atoms with Crippen molar-refractivity contribution in [1.82, 2.24) is 5.32 Å². The van der Waals surface area contributed by atoms with E-state index in [1.165, 1.54) is 44.9 Å². The molecule has 1 nitrogen and oxygen atoms in total. The Morgan fingerprint density at radius 3 is 2.21 bits per heavy atom. The Hall–Kier alpha value is -0.0400. The minimum absolute atomic E-state index is 0.767. The highest BCUT2D eigenvalue weighted by molar-refractivity contribution is 4.89. The molecule has 2 aliphatic carbocycles. The molecule has 14 heavy (non-hydrogen) atoms. The van der Waals surface area contributed by atoms with Crippen molar-refractivity contribution < 1.29 is 0 Å². The van der Waals surface area contributed by atoms with Crippen LogP contribution in [-0.2, 0) is 0 Å². The molecule has 2 saturated carbocycles. The van der Waals surface area contributed by atoms with Gasteiger partial charge in [0.1, 0.15) is 0 Å². The Kier molecular flexibility index (Phi) is 3.48. The van der Waals surface area contributed by atoms with Gasteiger partial charge in [0.25, 0.3) is 0 Å². The van der Waals surface area contributed by atoms with Crippen LogP contribution in [0, 0.1) is 11.8 Å². The number of hydrogen-bond acceptors (Lipinski definition) is 1. The molecule has 0 aliphatic heterocycles. The van der Waals surface area contributed by atoms with Gasteiger partial charge in [-0.25, -0.2) is 0 Å². The van der Waals surface area contributed by atoms with Crippen LogP contribution in [0.4, 0.5) is 0 Å². The lowest BCUT2D eigenvalue weighted by Crippen LogP contribution is -2.41. The van der Waals surface area contributed by atoms with Crippen LogP contribution in [0.15, 0.2) is 0 Å². The van der Waals surface area contributed by atoms with Gasteiger partial charge in [0, 0.05) is 12.1 Å². The van der Waals surface area contributed by atoms with Crippen LogP contribution >= 0.6 is 0 Å². The second kappa shape index (κ2) is 4.65. The van der Waals surface area contributed by atoms with E-state index >= 15 is 0 Å². The van der Waals surface area contributed by atoms with Gasteiger partial charge >= 0.3 is 0 Å². The molecule has 1 heteroatoms. The number of rotatable bonds is 5. The molecule has 0 bridgehead atoms. The summed E-state index contributed by atoms with van der Waals surface area (Å²) in [6.07, 6.45) is 10.1. The van der Waals surface area contributed by atoms with E-state index in [9.17, 15) is 0 Å². The summed E-state index contributed by atoms with van der Waals surface area (Å²) in [7, 11) is 0. The fourth-order valence-electron chi connectivity index (χ4n) is 3.02. The minimum Gasteiger partial charge on any atom is -0.311 e. The monoisotopic (exact) mass is 195 g/mol. The molecule has 1 N–H and O–H groups in total. The summed E-state index contributed by atoms with van der Waals surface area (Å²) in [5.41, 5.74) is 0. The SMILES string of the molecule is CCC(NC(C)C1CCCC1)C1CC1. The zero-order valence-corrected chi connectivity index (χ0v) is 9.76. The Bertz CT molecular complexity index is 168. The second-order valence-corrected chi connectivity index (χ2v) is 5.35. The summed E-state index contributed by atoms with van der Waals surface area (Å²) in [5, 5.41) is 3.87. The topological polar surface area (TPSA) is 12.0 Å². The van der Waals surface area contributed by atoms with Crippen molar-refractivity contribution >= 4 is 0 Å². The number of hydrogen-bond donors (Lipinski definition) is 1. The van der Waals surface area contributed by atoms with E-state index in [1.54, 1.807) is 0 Å². The van der Waals surface area contributed by atoms with Gasteiger partial charge in [0.2, 0.25) is 0 Å². The predicted molar refractivity (Wildman–Crippen MR) is 61.4 cm³/mol. The van der Waals surface area contributed by atoms with E-state index in [0.29, 0.717) is 0 Å². The Morgan fingerprint density at radius 1 is 1.07 bits per heavy atom. The molecule has 0 aromatic carbocycles. The third-order valence-electron chi connectivity index (χ3n) is 4.21. The Balaban J connectivity index is 1.76. The molecule has 82 valence electrons. The molecule has 0 spiro atoms. The van der Waals surface area contributed by atoms with Crippen LogP contribution in [0.2, 0.25) is 0 Å². The first-order valence-electron chi connectivity index (χ1n) is 6.57. The Morgan fingerprint density at radius 2 is 1.71 bits per heavy atom. The summed E-state index contributed by atoms with van der Waals surface area (Å²) in [5.74, 6) is 1.99. The van der Waals surface area contributed by atoms with Gasteiger partial charge in [0.05, 0.1) is 0 Å². The normalized spacial score (nSPS) is 27.9. The van der Waals surface area contributed by atoms with E-state index in [0.717, 1.165) is 23.9 Å². The molecule has 0 aromatic rings. The highest BCUT2D eigenvalue weighted by atomic mass is 15.0. The summed E-state index contributed by atoms with van der Waals surface area (Å²) in [6.45, 7) is 4.73. The van der Waals surface area contributed by atoms with Gasteiger partial charge in [-0.1, -0.05) is 19.8 Å². The maximum Gasteiger partial charge on any atom is 0.00952 e. The molecule has 2 unspecified atom stereocenters. The van der Waals surface area contributed by atoms with Gasteiger partial charge in [-0.05, 0) is 50.9 Å². The van der Waals surface area contributed by atoms with E-state index in [2.05, 4.69) is 19.2 Å². The molecule has 0 radical (unpaired) electrons. The van der Waals surface area contributed by atoms with Crippen LogP contribution in [0.1, 0.15) is 58.8 Å². The highest BCUT2D eigenvalue weighted by Gasteiger charge is 2.32. The first kappa shape index (κ1) is 10.5. The van der Waals surface area contributed by atoms with Crippen molar-refractivity contribution in [1.29, 1.82) is 0 Å². The maximum absolute atomic E-state index is 3.87. The Labute approximate surface area is 88.7 Å². The zero-order valence-electron chi connectivity index (χ0n) is 9.76. The van der Waals surface area contributed by atoms with E-state index < -0.39 is 0 Å². The molecule has 2 rings (SSSR count). The fourth-order valence-corrected chi connectivity index (χ4v) is 3.02. The predicted octanol–water partition coefficient (Wildman–Crippen LogP) is 3.34. The third-order valence-corrected chi connectivity index (χ3v) is 4.21. The largest absolute Gasteiger partial charge is 0.311 e. The molecule has 2 atom stereocenters. The van der Waals surface area contributed by atoms with Gasteiger partial charge < -0.3 is 5.32 Å². The minimum atomic E-state index is 0.767. The fraction of sp³-hybridized carbons (Fsp3) is 1.00. The van der Waals surface area contributed by atoms with Crippen molar-refractivity contribution in [2.75, 3.05) is 0 Å². The molecular weight excluding hydrogens is 170 g/mol. The lowest BCUT2D eigenvalue weighted by molar-refractivity contribution is 0.318. The molecule has 0 saturated heterocycles. The maximum atomic E-state index is 3.87. The van der Waals surface area contributed by atoms with E-state index in [4.69, 9.17) is 0 Å². The van der Waals surface area contributed by atoms with Crippen molar-refractivity contribution in [3.63, 3.8) is 0 Å². The highest BCUT2D eigenvalue weighted by Crippen LogP contribution is 2.35. The first-order valence-corrected chi connectivity index (χ1v) is 6.57. The second-order valence-electron chi connectivity index (χ2n) is 5.35. The van der Waals surface area contributed by atoms with Crippen LogP contribution in [0.3, 0.4) is 0 Å². The van der Waals surface area contributed by atoms with Gasteiger partial charge in [0.15, 0.2) is 0 Å². The lowest BCUT2D eigenvalue weighted by Gasteiger charge is -2.26. The summed E-state index contributed by atoms with van der Waals surface area (Å²) in [4.78, 5) is 0. The van der Waals surface area contributed by atoms with E-state index in [-0.39, 0.29) is 0 Å². The van der Waals surface area contributed by atoms with Gasteiger partial charge in [-0.3, -0.25) is 0 Å². The van der Waals surface area contributed by atoms with Gasteiger partial charge in [-0.15, -0.1) is 0 Å². The zero-order chi connectivity index (χ0) is 9.97. The average molecular weight is 195 g/mol. The molecule has 0 aromatic heterocycles. The smallest absolute Gasteiger partial charge is 0.00952 e. The molecule has 0 heterocycles.